The largest absolute Gasteiger partial charge is 0.484 e. The number of nitrogens with zero attached hydrogens (tertiary/aromatic N) is 1. The third-order valence-corrected chi connectivity index (χ3v) is 4.08. The molecule has 2 rings (SSSR count). The van der Waals surface area contributed by atoms with Crippen molar-refractivity contribution in [1.82, 2.24) is 4.90 Å². The molecule has 1 fully saturated rings. The molecule has 1 saturated heterocycles. The van der Waals surface area contributed by atoms with Crippen LogP contribution in [0.3, 0.4) is 0 Å². The number of hydrogen-bond donors (Lipinski definition) is 0. The standard InChI is InChI=1S/C18H25NO4/c1-4-22-18(21)15-6-5-9-19(11-15)17(20)12-23-16-8-7-13(2)10-14(16)3/h7-8,10,15H,4-6,9,11-12H2,1-3H3. The van der Waals surface area contributed by atoms with E-state index in [1.54, 1.807) is 11.8 Å². The van der Waals surface area contributed by atoms with Gasteiger partial charge in [-0.2, -0.15) is 0 Å². The van der Waals surface area contributed by atoms with Crippen LogP contribution in [-0.2, 0) is 14.3 Å². The number of amides is 1. The molecule has 1 amide bonds. The van der Waals surface area contributed by atoms with Gasteiger partial charge in [0.25, 0.3) is 5.91 Å². The van der Waals surface area contributed by atoms with Crippen molar-refractivity contribution in [1.29, 1.82) is 0 Å². The predicted molar refractivity (Wildman–Crippen MR) is 87.3 cm³/mol. The Balaban J connectivity index is 1.88. The van der Waals surface area contributed by atoms with Gasteiger partial charge < -0.3 is 14.4 Å². The molecule has 1 aliphatic heterocycles. The molecule has 126 valence electrons. The highest BCUT2D eigenvalue weighted by Gasteiger charge is 2.29. The fourth-order valence-corrected chi connectivity index (χ4v) is 2.85. The molecule has 1 aliphatic rings. The Labute approximate surface area is 137 Å². The Morgan fingerprint density at radius 3 is 2.78 bits per heavy atom. The number of ether oxygens (including phenoxy) is 2. The molecule has 0 aromatic heterocycles. The predicted octanol–water partition coefficient (Wildman–Crippen LogP) is 2.48. The molecule has 0 aliphatic carbocycles. The molecule has 0 saturated carbocycles. The number of piperidine rings is 1. The van der Waals surface area contributed by atoms with E-state index in [2.05, 4.69) is 0 Å². The van der Waals surface area contributed by atoms with Crippen LogP contribution in [0, 0.1) is 19.8 Å². The lowest BCUT2D eigenvalue weighted by molar-refractivity contribution is -0.151. The van der Waals surface area contributed by atoms with Crippen LogP contribution in [0.25, 0.3) is 0 Å². The molecule has 1 atom stereocenters. The lowest BCUT2D eigenvalue weighted by Crippen LogP contribution is -2.44. The molecule has 5 heteroatoms. The van der Waals surface area contributed by atoms with Crippen LogP contribution in [0.4, 0.5) is 0 Å². The number of carbonyl (C=O) groups is 2. The molecule has 23 heavy (non-hydrogen) atoms. The minimum atomic E-state index is -0.214. The van der Waals surface area contributed by atoms with Crippen molar-refractivity contribution in [3.63, 3.8) is 0 Å². The summed E-state index contributed by atoms with van der Waals surface area (Å²) in [6, 6.07) is 5.87. The first kappa shape index (κ1) is 17.3. The normalized spacial score (nSPS) is 17.7. The van der Waals surface area contributed by atoms with E-state index in [1.165, 1.54) is 0 Å². The van der Waals surface area contributed by atoms with Gasteiger partial charge in [-0.15, -0.1) is 0 Å². The van der Waals surface area contributed by atoms with E-state index in [9.17, 15) is 9.59 Å². The van der Waals surface area contributed by atoms with Gasteiger partial charge in [0, 0.05) is 13.1 Å². The number of likely N-dealkylation sites (tertiary alicyclic amines) is 1. The smallest absolute Gasteiger partial charge is 0.310 e. The summed E-state index contributed by atoms with van der Waals surface area (Å²) >= 11 is 0. The van der Waals surface area contributed by atoms with Gasteiger partial charge in [0.15, 0.2) is 6.61 Å². The summed E-state index contributed by atoms with van der Waals surface area (Å²) in [4.78, 5) is 25.9. The second-order valence-electron chi connectivity index (χ2n) is 5.99. The highest BCUT2D eigenvalue weighted by atomic mass is 16.5. The van der Waals surface area contributed by atoms with Gasteiger partial charge in [-0.05, 0) is 45.2 Å². The summed E-state index contributed by atoms with van der Waals surface area (Å²) < 4.78 is 10.7. The Bertz CT molecular complexity index is 570. The summed E-state index contributed by atoms with van der Waals surface area (Å²) in [5.41, 5.74) is 2.18. The van der Waals surface area contributed by atoms with Crippen LogP contribution in [0.1, 0.15) is 30.9 Å². The van der Waals surface area contributed by atoms with Crippen molar-refractivity contribution < 1.29 is 19.1 Å². The van der Waals surface area contributed by atoms with Crippen LogP contribution in [0.2, 0.25) is 0 Å². The van der Waals surface area contributed by atoms with Crippen molar-refractivity contribution in [3.05, 3.63) is 29.3 Å². The monoisotopic (exact) mass is 319 g/mol. The molecular weight excluding hydrogens is 294 g/mol. The molecule has 0 bridgehead atoms. The summed E-state index contributed by atoms with van der Waals surface area (Å²) in [7, 11) is 0. The highest BCUT2D eigenvalue weighted by molar-refractivity contribution is 5.79. The Kier molecular flexibility index (Phi) is 6.02. The van der Waals surface area contributed by atoms with Gasteiger partial charge in [-0.1, -0.05) is 17.7 Å². The van der Waals surface area contributed by atoms with Gasteiger partial charge in [0.05, 0.1) is 12.5 Å². The zero-order chi connectivity index (χ0) is 16.8. The van der Waals surface area contributed by atoms with Gasteiger partial charge in [0.2, 0.25) is 0 Å². The summed E-state index contributed by atoms with van der Waals surface area (Å²) in [5, 5.41) is 0. The lowest BCUT2D eigenvalue weighted by Gasteiger charge is -2.31. The maximum Gasteiger partial charge on any atom is 0.310 e. The van der Waals surface area contributed by atoms with Gasteiger partial charge >= 0.3 is 5.97 Å². The Morgan fingerprint density at radius 1 is 1.30 bits per heavy atom. The number of carbonyl (C=O) groups excluding carboxylic acids is 2. The molecular formula is C18H25NO4. The minimum Gasteiger partial charge on any atom is -0.484 e. The van der Waals surface area contributed by atoms with Crippen molar-refractivity contribution in [2.45, 2.75) is 33.6 Å². The highest BCUT2D eigenvalue weighted by Crippen LogP contribution is 2.20. The molecule has 1 heterocycles. The van der Waals surface area contributed by atoms with Crippen LogP contribution in [0.5, 0.6) is 5.75 Å². The van der Waals surface area contributed by atoms with E-state index in [4.69, 9.17) is 9.47 Å². The molecule has 0 spiro atoms. The van der Waals surface area contributed by atoms with Crippen LogP contribution < -0.4 is 4.74 Å². The average molecular weight is 319 g/mol. The third kappa shape index (κ3) is 4.71. The molecule has 1 aromatic carbocycles. The molecule has 1 aromatic rings. The number of hydrogen-bond acceptors (Lipinski definition) is 4. The molecule has 0 radical (unpaired) electrons. The Morgan fingerprint density at radius 2 is 2.09 bits per heavy atom. The number of rotatable bonds is 5. The van der Waals surface area contributed by atoms with Crippen LogP contribution in [0.15, 0.2) is 18.2 Å². The maximum absolute atomic E-state index is 12.3. The maximum atomic E-state index is 12.3. The van der Waals surface area contributed by atoms with Crippen LogP contribution in [-0.4, -0.2) is 43.1 Å². The number of aryl methyl sites for hydroxylation is 2. The topological polar surface area (TPSA) is 55.8 Å². The fourth-order valence-electron chi connectivity index (χ4n) is 2.85. The van der Waals surface area contributed by atoms with E-state index < -0.39 is 0 Å². The summed E-state index contributed by atoms with van der Waals surface area (Å²) in [5.74, 6) is 0.218. The first-order valence-electron chi connectivity index (χ1n) is 8.15. The van der Waals surface area contributed by atoms with E-state index >= 15 is 0 Å². The quantitative estimate of drug-likeness (QED) is 0.783. The lowest BCUT2D eigenvalue weighted by atomic mass is 9.98. The second-order valence-corrected chi connectivity index (χ2v) is 5.99. The number of benzene rings is 1. The average Bonchev–Trinajstić information content (AvgIpc) is 2.54. The first-order chi connectivity index (χ1) is 11.0. The van der Waals surface area contributed by atoms with Gasteiger partial charge in [-0.3, -0.25) is 9.59 Å². The van der Waals surface area contributed by atoms with E-state index in [0.717, 1.165) is 29.7 Å². The van der Waals surface area contributed by atoms with Crippen molar-refractivity contribution in [3.8, 4) is 5.75 Å². The number of esters is 1. The van der Waals surface area contributed by atoms with Crippen molar-refractivity contribution in [2.24, 2.45) is 5.92 Å². The summed E-state index contributed by atoms with van der Waals surface area (Å²) in [6.45, 7) is 7.24. The van der Waals surface area contributed by atoms with Gasteiger partial charge in [-0.25, -0.2) is 0 Å². The van der Waals surface area contributed by atoms with E-state index in [0.29, 0.717) is 19.7 Å². The van der Waals surface area contributed by atoms with Crippen molar-refractivity contribution >= 4 is 11.9 Å². The molecule has 0 N–H and O–H groups in total. The minimum absolute atomic E-state index is 0.000549. The molecule has 1 unspecified atom stereocenters. The zero-order valence-electron chi connectivity index (χ0n) is 14.1. The van der Waals surface area contributed by atoms with Crippen LogP contribution >= 0.6 is 0 Å². The molecule has 5 nitrogen and oxygen atoms in total. The van der Waals surface area contributed by atoms with E-state index in [-0.39, 0.29) is 24.4 Å². The van der Waals surface area contributed by atoms with Gasteiger partial charge in [0.1, 0.15) is 5.75 Å². The SMILES string of the molecule is CCOC(=O)C1CCCN(C(=O)COc2ccc(C)cc2C)C1. The zero-order valence-corrected chi connectivity index (χ0v) is 14.1. The van der Waals surface area contributed by atoms with E-state index in [1.807, 2.05) is 32.0 Å². The summed E-state index contributed by atoms with van der Waals surface area (Å²) in [6.07, 6.45) is 1.60. The van der Waals surface area contributed by atoms with Crippen molar-refractivity contribution in [2.75, 3.05) is 26.3 Å². The first-order valence-corrected chi connectivity index (χ1v) is 8.15. The Hall–Kier alpha value is -2.04. The fraction of sp³-hybridized carbons (Fsp3) is 0.556. The third-order valence-electron chi connectivity index (χ3n) is 4.08. The second kappa shape index (κ2) is 7.99.